The molecule has 2 rings (SSSR count). The quantitative estimate of drug-likeness (QED) is 0.755. The Labute approximate surface area is 133 Å². The number of Topliss-reactive ketones (excluding diaryl/α,β-unsaturated/α-hetero) is 1. The first-order valence-corrected chi connectivity index (χ1v) is 8.20. The second kappa shape index (κ2) is 8.57. The molecule has 1 saturated heterocycles. The molecule has 1 heterocycles. The predicted molar refractivity (Wildman–Crippen MR) is 90.0 cm³/mol. The fourth-order valence-electron chi connectivity index (χ4n) is 2.77. The molecule has 1 aromatic rings. The Morgan fingerprint density at radius 1 is 1.23 bits per heavy atom. The van der Waals surface area contributed by atoms with E-state index in [1.54, 1.807) is 19.2 Å². The van der Waals surface area contributed by atoms with Crippen LogP contribution in [-0.4, -0.2) is 43.3 Å². The van der Waals surface area contributed by atoms with Gasteiger partial charge in [0.25, 0.3) is 0 Å². The van der Waals surface area contributed by atoms with Gasteiger partial charge in [0.1, 0.15) is 12.3 Å². The highest BCUT2D eigenvalue weighted by molar-refractivity contribution is 5.99. The number of rotatable bonds is 6. The first kappa shape index (κ1) is 16.5. The molecule has 0 saturated carbocycles. The summed E-state index contributed by atoms with van der Waals surface area (Å²) in [5.41, 5.74) is 0.695. The summed E-state index contributed by atoms with van der Waals surface area (Å²) in [7, 11) is 1.62. The molecule has 0 radical (unpaired) electrons. The van der Waals surface area contributed by atoms with Crippen molar-refractivity contribution in [3.63, 3.8) is 0 Å². The molecule has 1 aliphatic rings. The standard InChI is InChI=1S/C18H26N2O2/c1-3-12-20-13-6-4-5-7-18(20)19-14-17(21)15-8-10-16(22-2)11-9-15/h8-11H,3-7,12-14H2,1-2H3. The van der Waals surface area contributed by atoms with Crippen LogP contribution in [0.25, 0.3) is 0 Å². The fraction of sp³-hybridized carbons (Fsp3) is 0.556. The van der Waals surface area contributed by atoms with Gasteiger partial charge in [0.15, 0.2) is 5.78 Å². The van der Waals surface area contributed by atoms with Crippen molar-refractivity contribution >= 4 is 11.6 Å². The van der Waals surface area contributed by atoms with Crippen LogP contribution in [0.4, 0.5) is 0 Å². The molecule has 4 nitrogen and oxygen atoms in total. The number of aliphatic imine (C=N–C) groups is 1. The zero-order valence-electron chi connectivity index (χ0n) is 13.7. The van der Waals surface area contributed by atoms with Gasteiger partial charge in [0.05, 0.1) is 12.9 Å². The molecule has 0 bridgehead atoms. The summed E-state index contributed by atoms with van der Waals surface area (Å²) in [5.74, 6) is 1.94. The first-order chi connectivity index (χ1) is 10.7. The van der Waals surface area contributed by atoms with Crippen molar-refractivity contribution in [3.8, 4) is 5.75 Å². The summed E-state index contributed by atoms with van der Waals surface area (Å²) in [4.78, 5) is 19.3. The summed E-state index contributed by atoms with van der Waals surface area (Å²) in [5, 5.41) is 0. The van der Waals surface area contributed by atoms with E-state index >= 15 is 0 Å². The summed E-state index contributed by atoms with van der Waals surface area (Å²) >= 11 is 0. The van der Waals surface area contributed by atoms with E-state index in [1.807, 2.05) is 12.1 Å². The molecular weight excluding hydrogens is 276 g/mol. The molecule has 0 N–H and O–H groups in total. The zero-order valence-corrected chi connectivity index (χ0v) is 13.7. The minimum absolute atomic E-state index is 0.0656. The highest BCUT2D eigenvalue weighted by atomic mass is 16.5. The molecule has 1 aliphatic heterocycles. The van der Waals surface area contributed by atoms with Crippen LogP contribution in [0.5, 0.6) is 5.75 Å². The minimum atomic E-state index is 0.0656. The SMILES string of the molecule is CCCN1CCCCCC1=NCC(=O)c1ccc(OC)cc1. The van der Waals surface area contributed by atoms with E-state index in [1.165, 1.54) is 19.3 Å². The highest BCUT2D eigenvalue weighted by Crippen LogP contribution is 2.14. The van der Waals surface area contributed by atoms with Crippen molar-refractivity contribution in [2.75, 3.05) is 26.7 Å². The average molecular weight is 302 g/mol. The molecule has 4 heteroatoms. The third-order valence-electron chi connectivity index (χ3n) is 4.00. The van der Waals surface area contributed by atoms with Gasteiger partial charge in [-0.05, 0) is 43.5 Å². The van der Waals surface area contributed by atoms with Gasteiger partial charge in [-0.3, -0.25) is 9.79 Å². The van der Waals surface area contributed by atoms with E-state index in [2.05, 4.69) is 16.8 Å². The molecule has 0 aromatic heterocycles. The van der Waals surface area contributed by atoms with Crippen molar-refractivity contribution in [1.29, 1.82) is 0 Å². The van der Waals surface area contributed by atoms with Crippen molar-refractivity contribution < 1.29 is 9.53 Å². The van der Waals surface area contributed by atoms with Gasteiger partial charge in [0, 0.05) is 25.1 Å². The van der Waals surface area contributed by atoms with E-state index in [4.69, 9.17) is 4.74 Å². The molecular formula is C18H26N2O2. The molecule has 22 heavy (non-hydrogen) atoms. The van der Waals surface area contributed by atoms with Crippen LogP contribution in [-0.2, 0) is 0 Å². The minimum Gasteiger partial charge on any atom is -0.497 e. The van der Waals surface area contributed by atoms with E-state index in [9.17, 15) is 4.79 Å². The van der Waals surface area contributed by atoms with Gasteiger partial charge in [-0.2, -0.15) is 0 Å². The lowest BCUT2D eigenvalue weighted by Gasteiger charge is -2.23. The van der Waals surface area contributed by atoms with Crippen molar-refractivity contribution in [2.45, 2.75) is 39.0 Å². The highest BCUT2D eigenvalue weighted by Gasteiger charge is 2.14. The van der Waals surface area contributed by atoms with E-state index in [0.29, 0.717) is 5.56 Å². The van der Waals surface area contributed by atoms with Gasteiger partial charge in [0.2, 0.25) is 0 Å². The van der Waals surface area contributed by atoms with Gasteiger partial charge < -0.3 is 9.64 Å². The van der Waals surface area contributed by atoms with Crippen molar-refractivity contribution in [1.82, 2.24) is 4.90 Å². The topological polar surface area (TPSA) is 41.9 Å². The van der Waals surface area contributed by atoms with E-state index in [-0.39, 0.29) is 12.3 Å². The van der Waals surface area contributed by atoms with Gasteiger partial charge in [-0.1, -0.05) is 13.3 Å². The zero-order chi connectivity index (χ0) is 15.8. The van der Waals surface area contributed by atoms with Crippen LogP contribution in [0, 0.1) is 0 Å². The molecule has 0 unspecified atom stereocenters. The number of methoxy groups -OCH3 is 1. The number of benzene rings is 1. The number of hydrogen-bond acceptors (Lipinski definition) is 3. The van der Waals surface area contributed by atoms with Crippen LogP contribution in [0.2, 0.25) is 0 Å². The summed E-state index contributed by atoms with van der Waals surface area (Å²) < 4.78 is 5.11. The molecule has 1 aromatic carbocycles. The van der Waals surface area contributed by atoms with Crippen molar-refractivity contribution in [2.24, 2.45) is 4.99 Å². The maximum absolute atomic E-state index is 12.3. The van der Waals surface area contributed by atoms with Crippen LogP contribution >= 0.6 is 0 Å². The maximum Gasteiger partial charge on any atom is 0.184 e. The van der Waals surface area contributed by atoms with Gasteiger partial charge >= 0.3 is 0 Å². The van der Waals surface area contributed by atoms with Crippen LogP contribution in [0.15, 0.2) is 29.3 Å². The Morgan fingerprint density at radius 3 is 2.68 bits per heavy atom. The third-order valence-corrected chi connectivity index (χ3v) is 4.00. The summed E-state index contributed by atoms with van der Waals surface area (Å²) in [6.45, 7) is 4.53. The van der Waals surface area contributed by atoms with E-state index < -0.39 is 0 Å². The lowest BCUT2D eigenvalue weighted by atomic mass is 10.1. The number of carbonyl (C=O) groups is 1. The lowest BCUT2D eigenvalue weighted by Crippen LogP contribution is -2.31. The third kappa shape index (κ3) is 4.58. The predicted octanol–water partition coefficient (Wildman–Crippen LogP) is 3.56. The first-order valence-electron chi connectivity index (χ1n) is 8.20. The van der Waals surface area contributed by atoms with Crippen LogP contribution in [0.3, 0.4) is 0 Å². The lowest BCUT2D eigenvalue weighted by molar-refractivity contribution is 0.100. The number of amidine groups is 1. The van der Waals surface area contributed by atoms with Crippen LogP contribution in [0.1, 0.15) is 49.4 Å². The van der Waals surface area contributed by atoms with Crippen LogP contribution < -0.4 is 4.74 Å². The fourth-order valence-corrected chi connectivity index (χ4v) is 2.77. The van der Waals surface area contributed by atoms with Gasteiger partial charge in [-0.25, -0.2) is 0 Å². The largest absolute Gasteiger partial charge is 0.497 e. The Kier molecular flexibility index (Phi) is 6.44. The Hall–Kier alpha value is -1.84. The summed E-state index contributed by atoms with van der Waals surface area (Å²) in [6, 6.07) is 7.24. The summed E-state index contributed by atoms with van der Waals surface area (Å²) in [6.07, 6.45) is 5.77. The van der Waals surface area contributed by atoms with Gasteiger partial charge in [-0.15, -0.1) is 0 Å². The second-order valence-corrected chi connectivity index (χ2v) is 5.68. The molecule has 120 valence electrons. The Balaban J connectivity index is 2.01. The Bertz CT molecular complexity index is 508. The molecule has 1 fully saturated rings. The van der Waals surface area contributed by atoms with E-state index in [0.717, 1.165) is 37.5 Å². The number of hydrogen-bond donors (Lipinski definition) is 0. The number of ketones is 1. The Morgan fingerprint density at radius 2 is 2.00 bits per heavy atom. The number of nitrogens with zero attached hydrogens (tertiary/aromatic N) is 2. The normalized spacial score (nSPS) is 17.4. The maximum atomic E-state index is 12.3. The smallest absolute Gasteiger partial charge is 0.184 e. The number of ether oxygens (including phenoxy) is 1. The van der Waals surface area contributed by atoms with Crippen molar-refractivity contribution in [3.05, 3.63) is 29.8 Å². The average Bonchev–Trinajstić information content (AvgIpc) is 2.78. The molecule has 0 amide bonds. The number of carbonyl (C=O) groups excluding carboxylic acids is 1. The molecule has 0 aliphatic carbocycles. The monoisotopic (exact) mass is 302 g/mol. The molecule has 0 spiro atoms. The number of likely N-dealkylation sites (tertiary alicyclic amines) is 1. The molecule has 0 atom stereocenters. The second-order valence-electron chi connectivity index (χ2n) is 5.68.